The molecule has 1 aliphatic rings. The van der Waals surface area contributed by atoms with Crippen LogP contribution in [0.3, 0.4) is 0 Å². The summed E-state index contributed by atoms with van der Waals surface area (Å²) in [5.41, 5.74) is 0. The number of nitrogens with zero attached hydrogens (tertiary/aromatic N) is 1. The van der Waals surface area contributed by atoms with Crippen LogP contribution in [0.4, 0.5) is 0 Å². The van der Waals surface area contributed by atoms with E-state index in [9.17, 15) is 8.42 Å². The molecule has 2 heterocycles. The molecule has 0 radical (unpaired) electrons. The zero-order valence-corrected chi connectivity index (χ0v) is 15.6. The summed E-state index contributed by atoms with van der Waals surface area (Å²) in [7, 11) is -3.51. The van der Waals surface area contributed by atoms with Crippen molar-refractivity contribution in [2.45, 2.75) is 42.7 Å². The minimum atomic E-state index is -3.51. The quantitative estimate of drug-likeness (QED) is 0.828. The molecule has 1 aromatic rings. The van der Waals surface area contributed by atoms with E-state index in [0.29, 0.717) is 35.9 Å². The molecular weight excluding hydrogens is 376 g/mol. The Labute approximate surface area is 139 Å². The Balaban J connectivity index is 2.24. The Morgan fingerprint density at radius 2 is 2.05 bits per heavy atom. The molecule has 0 aromatic carbocycles. The van der Waals surface area contributed by atoms with E-state index in [0.717, 1.165) is 6.54 Å². The summed E-state index contributed by atoms with van der Waals surface area (Å²) in [6.45, 7) is 8.51. The summed E-state index contributed by atoms with van der Waals surface area (Å²) < 4.78 is 32.9. The molecule has 2 atom stereocenters. The van der Waals surface area contributed by atoms with Crippen LogP contribution in [0.5, 0.6) is 0 Å². The third-order valence-corrected chi connectivity index (χ3v) is 7.18. The van der Waals surface area contributed by atoms with Crippen LogP contribution in [0, 0.1) is 0 Å². The number of hydrogen-bond acceptors (Lipinski definition) is 5. The smallest absolute Gasteiger partial charge is 0.247 e. The van der Waals surface area contributed by atoms with Gasteiger partial charge < -0.3 is 9.73 Å². The van der Waals surface area contributed by atoms with Crippen LogP contribution >= 0.6 is 27.7 Å². The van der Waals surface area contributed by atoms with Crippen LogP contribution in [0.2, 0.25) is 0 Å². The van der Waals surface area contributed by atoms with Gasteiger partial charge in [0.1, 0.15) is 10.7 Å². The molecule has 1 fully saturated rings. The largest absolute Gasteiger partial charge is 0.452 e. The fraction of sp³-hybridized carbons (Fsp3) is 0.692. The van der Waals surface area contributed by atoms with Crippen molar-refractivity contribution in [3.63, 3.8) is 0 Å². The van der Waals surface area contributed by atoms with Gasteiger partial charge >= 0.3 is 0 Å². The lowest BCUT2D eigenvalue weighted by molar-refractivity contribution is 0.402. The fourth-order valence-corrected chi connectivity index (χ4v) is 6.47. The number of nitrogens with one attached hydrogen (secondary N) is 1. The van der Waals surface area contributed by atoms with Crippen LogP contribution in [-0.2, 0) is 16.6 Å². The van der Waals surface area contributed by atoms with Gasteiger partial charge in [0.25, 0.3) is 0 Å². The van der Waals surface area contributed by atoms with Gasteiger partial charge in [0.2, 0.25) is 10.0 Å². The molecule has 2 unspecified atom stereocenters. The molecule has 21 heavy (non-hydrogen) atoms. The number of sulfonamides is 1. The minimum Gasteiger partial charge on any atom is -0.452 e. The van der Waals surface area contributed by atoms with Crippen molar-refractivity contribution in [1.29, 1.82) is 0 Å². The first-order chi connectivity index (χ1) is 9.84. The summed E-state index contributed by atoms with van der Waals surface area (Å²) in [6.07, 6.45) is 0. The number of rotatable bonds is 5. The molecule has 8 heteroatoms. The molecule has 1 N–H and O–H groups in total. The molecule has 1 aromatic heterocycles. The van der Waals surface area contributed by atoms with Gasteiger partial charge in [0.05, 0.1) is 6.54 Å². The van der Waals surface area contributed by atoms with E-state index in [-0.39, 0.29) is 9.56 Å². The molecule has 0 bridgehead atoms. The predicted octanol–water partition coefficient (Wildman–Crippen LogP) is 2.67. The van der Waals surface area contributed by atoms with E-state index in [2.05, 4.69) is 35.1 Å². The SMILES string of the molecule is CCNCc1cc(S(=O)(=O)N2CC(C)SC(C)C2)c(Br)o1. The van der Waals surface area contributed by atoms with Crippen molar-refractivity contribution in [2.24, 2.45) is 0 Å². The summed E-state index contributed by atoms with van der Waals surface area (Å²) in [4.78, 5) is 0.224. The van der Waals surface area contributed by atoms with Crippen molar-refractivity contribution in [3.05, 3.63) is 16.5 Å². The van der Waals surface area contributed by atoms with Gasteiger partial charge in [-0.25, -0.2) is 8.42 Å². The highest BCUT2D eigenvalue weighted by atomic mass is 79.9. The van der Waals surface area contributed by atoms with Crippen molar-refractivity contribution >= 4 is 37.7 Å². The number of halogens is 1. The number of hydrogen-bond donors (Lipinski definition) is 1. The van der Waals surface area contributed by atoms with E-state index >= 15 is 0 Å². The Hall–Kier alpha value is -0.0200. The van der Waals surface area contributed by atoms with Crippen molar-refractivity contribution in [1.82, 2.24) is 9.62 Å². The second kappa shape index (κ2) is 7.04. The lowest BCUT2D eigenvalue weighted by Crippen LogP contribution is -2.43. The zero-order chi connectivity index (χ0) is 15.6. The Morgan fingerprint density at radius 1 is 1.43 bits per heavy atom. The monoisotopic (exact) mass is 396 g/mol. The maximum atomic E-state index is 12.8. The average molecular weight is 397 g/mol. The molecule has 2 rings (SSSR count). The van der Waals surface area contributed by atoms with Crippen LogP contribution in [0.1, 0.15) is 26.5 Å². The maximum Gasteiger partial charge on any atom is 0.247 e. The summed E-state index contributed by atoms with van der Waals surface area (Å²) in [5.74, 6) is 0.620. The van der Waals surface area contributed by atoms with Gasteiger partial charge in [-0.1, -0.05) is 20.8 Å². The predicted molar refractivity (Wildman–Crippen MR) is 89.1 cm³/mol. The van der Waals surface area contributed by atoms with Crippen LogP contribution in [-0.4, -0.2) is 42.9 Å². The molecule has 0 aliphatic carbocycles. The highest BCUT2D eigenvalue weighted by Crippen LogP contribution is 2.33. The Kier molecular flexibility index (Phi) is 5.81. The van der Waals surface area contributed by atoms with E-state index in [1.807, 2.05) is 18.7 Å². The average Bonchev–Trinajstić information content (AvgIpc) is 2.77. The van der Waals surface area contributed by atoms with E-state index < -0.39 is 10.0 Å². The molecule has 120 valence electrons. The normalized spacial score (nSPS) is 24.4. The molecular formula is C13H21BrN2O3S2. The first kappa shape index (κ1) is 17.3. The molecule has 1 aliphatic heterocycles. The maximum absolute atomic E-state index is 12.8. The third kappa shape index (κ3) is 4.04. The van der Waals surface area contributed by atoms with E-state index in [1.165, 1.54) is 0 Å². The minimum absolute atomic E-state index is 0.224. The first-order valence-electron chi connectivity index (χ1n) is 6.99. The van der Waals surface area contributed by atoms with Gasteiger partial charge in [0.15, 0.2) is 4.67 Å². The summed E-state index contributed by atoms with van der Waals surface area (Å²) >= 11 is 5.06. The van der Waals surface area contributed by atoms with Crippen molar-refractivity contribution in [3.8, 4) is 0 Å². The molecule has 0 spiro atoms. The molecule has 0 amide bonds. The summed E-state index contributed by atoms with van der Waals surface area (Å²) in [6, 6.07) is 1.61. The van der Waals surface area contributed by atoms with Gasteiger partial charge in [-0.2, -0.15) is 16.1 Å². The lowest BCUT2D eigenvalue weighted by Gasteiger charge is -2.33. The molecule has 1 saturated heterocycles. The van der Waals surface area contributed by atoms with Crippen LogP contribution in [0.25, 0.3) is 0 Å². The fourth-order valence-electron chi connectivity index (χ4n) is 2.38. The molecule has 5 nitrogen and oxygen atoms in total. The highest BCUT2D eigenvalue weighted by molar-refractivity contribution is 9.10. The zero-order valence-electron chi connectivity index (χ0n) is 12.4. The van der Waals surface area contributed by atoms with E-state index in [4.69, 9.17) is 4.42 Å². The second-order valence-corrected chi connectivity index (χ2v) is 9.72. The topological polar surface area (TPSA) is 62.6 Å². The van der Waals surface area contributed by atoms with Gasteiger partial charge in [-0.05, 0) is 22.5 Å². The number of thioether (sulfide) groups is 1. The number of furan rings is 1. The Morgan fingerprint density at radius 3 is 2.62 bits per heavy atom. The van der Waals surface area contributed by atoms with Crippen molar-refractivity contribution < 1.29 is 12.8 Å². The van der Waals surface area contributed by atoms with Gasteiger partial charge in [-0.15, -0.1) is 0 Å². The van der Waals surface area contributed by atoms with E-state index in [1.54, 1.807) is 10.4 Å². The second-order valence-electron chi connectivity index (χ2n) is 5.21. The summed E-state index contributed by atoms with van der Waals surface area (Å²) in [5, 5.41) is 3.73. The van der Waals surface area contributed by atoms with Gasteiger partial charge in [0, 0.05) is 29.7 Å². The highest BCUT2D eigenvalue weighted by Gasteiger charge is 2.34. The Bertz CT molecular complexity index is 578. The lowest BCUT2D eigenvalue weighted by atomic mass is 10.4. The van der Waals surface area contributed by atoms with Crippen molar-refractivity contribution in [2.75, 3.05) is 19.6 Å². The van der Waals surface area contributed by atoms with Crippen LogP contribution in [0.15, 0.2) is 20.0 Å². The standard InChI is InChI=1S/C13H21BrN2O3S2/c1-4-15-6-11-5-12(13(14)19-11)21(17,18)16-7-9(2)20-10(3)8-16/h5,9-10,15H,4,6-8H2,1-3H3. The third-order valence-electron chi connectivity index (χ3n) is 3.26. The first-order valence-corrected chi connectivity index (χ1v) is 10.2. The molecule has 0 saturated carbocycles. The van der Waals surface area contributed by atoms with Crippen LogP contribution < -0.4 is 5.32 Å². The van der Waals surface area contributed by atoms with Gasteiger partial charge in [-0.3, -0.25) is 0 Å².